The summed E-state index contributed by atoms with van der Waals surface area (Å²) in [7, 11) is 0. The van der Waals surface area contributed by atoms with Crippen LogP contribution in [0.5, 0.6) is 0 Å². The summed E-state index contributed by atoms with van der Waals surface area (Å²) >= 11 is 0. The monoisotopic (exact) mass is 443 g/mol. The highest BCUT2D eigenvalue weighted by molar-refractivity contribution is 5.90. The maximum absolute atomic E-state index is 12.5. The molecule has 0 bridgehead atoms. The van der Waals surface area contributed by atoms with Gasteiger partial charge < -0.3 is 15.4 Å². The zero-order chi connectivity index (χ0) is 23.2. The molecule has 1 fully saturated rings. The number of carbonyl (C=O) groups is 2. The van der Waals surface area contributed by atoms with Crippen molar-refractivity contribution in [3.63, 3.8) is 0 Å². The number of carbonyl (C=O) groups excluding carboxylic acids is 2. The highest BCUT2D eigenvalue weighted by atomic mass is 16.6. The number of anilines is 2. The van der Waals surface area contributed by atoms with E-state index in [1.165, 1.54) is 6.92 Å². The van der Waals surface area contributed by atoms with E-state index >= 15 is 0 Å². The van der Waals surface area contributed by atoms with Gasteiger partial charge in [0.2, 0.25) is 11.3 Å². The van der Waals surface area contributed by atoms with Crippen LogP contribution in [-0.2, 0) is 16.1 Å². The van der Waals surface area contributed by atoms with Crippen LogP contribution in [0, 0.1) is 0 Å². The van der Waals surface area contributed by atoms with Crippen molar-refractivity contribution < 1.29 is 14.3 Å². The maximum atomic E-state index is 12.5. The minimum Gasteiger partial charge on any atom is -0.442 e. The number of hydrogen-bond acceptors (Lipinski definition) is 5. The molecule has 7 heteroatoms. The van der Waals surface area contributed by atoms with Gasteiger partial charge in [-0.3, -0.25) is 14.5 Å². The second-order valence-electron chi connectivity index (χ2n) is 7.84. The van der Waals surface area contributed by atoms with E-state index in [9.17, 15) is 14.4 Å². The van der Waals surface area contributed by atoms with E-state index in [-0.39, 0.29) is 24.0 Å². The summed E-state index contributed by atoms with van der Waals surface area (Å²) in [6.07, 6.45) is -0.819. The van der Waals surface area contributed by atoms with Crippen LogP contribution in [0.4, 0.5) is 16.2 Å². The molecule has 4 rings (SSSR count). The number of hydrogen-bond donors (Lipinski definition) is 2. The second-order valence-corrected chi connectivity index (χ2v) is 7.84. The predicted octanol–water partition coefficient (Wildman–Crippen LogP) is 3.79. The minimum absolute atomic E-state index is 0.0844. The van der Waals surface area contributed by atoms with Crippen LogP contribution in [0.2, 0.25) is 0 Å². The average molecular weight is 444 g/mol. The number of nitrogens with one attached hydrogen (secondary N) is 2. The summed E-state index contributed by atoms with van der Waals surface area (Å²) in [6, 6.07) is 24.4. The first-order valence-electron chi connectivity index (χ1n) is 10.7. The van der Waals surface area contributed by atoms with Gasteiger partial charge in [-0.15, -0.1) is 0 Å². The van der Waals surface area contributed by atoms with Gasteiger partial charge in [-0.1, -0.05) is 54.6 Å². The quantitative estimate of drug-likeness (QED) is 0.580. The van der Waals surface area contributed by atoms with Gasteiger partial charge in [0, 0.05) is 19.2 Å². The molecule has 1 saturated heterocycles. The van der Waals surface area contributed by atoms with Crippen LogP contribution in [0.15, 0.2) is 83.7 Å². The Labute approximate surface area is 192 Å². The molecule has 1 atom stereocenters. The smallest absolute Gasteiger partial charge is 0.414 e. The fraction of sp³-hybridized carbons (Fsp3) is 0.192. The average Bonchev–Trinajstić information content (AvgIpc) is 3.10. The Morgan fingerprint density at radius 1 is 0.939 bits per heavy atom. The normalized spacial score (nSPS) is 15.1. The Kier molecular flexibility index (Phi) is 6.69. The molecule has 1 aliphatic rings. The summed E-state index contributed by atoms with van der Waals surface area (Å²) in [5.74, 6) is -0.162. The molecular formula is C26H25N3O4. The third kappa shape index (κ3) is 5.57. The minimum atomic E-state index is -0.436. The lowest BCUT2D eigenvalue weighted by molar-refractivity contribution is -0.119. The van der Waals surface area contributed by atoms with E-state index in [1.807, 2.05) is 60.7 Å². The zero-order valence-corrected chi connectivity index (χ0v) is 18.3. The molecule has 1 unspecified atom stereocenters. The zero-order valence-electron chi connectivity index (χ0n) is 18.3. The van der Waals surface area contributed by atoms with Gasteiger partial charge in [0.05, 0.1) is 18.8 Å². The fourth-order valence-corrected chi connectivity index (χ4v) is 3.63. The molecule has 0 saturated carbocycles. The molecule has 3 aromatic rings. The largest absolute Gasteiger partial charge is 0.442 e. The van der Waals surface area contributed by atoms with Crippen molar-refractivity contribution in [2.45, 2.75) is 19.6 Å². The Morgan fingerprint density at radius 2 is 1.61 bits per heavy atom. The molecule has 1 aliphatic heterocycles. The number of amides is 2. The molecule has 0 aliphatic carbocycles. The number of ether oxygens (including phenoxy) is 1. The molecule has 0 spiro atoms. The van der Waals surface area contributed by atoms with Crippen molar-refractivity contribution in [2.24, 2.45) is 0 Å². The molecule has 0 aromatic heterocycles. The second kappa shape index (κ2) is 9.99. The van der Waals surface area contributed by atoms with Crippen molar-refractivity contribution in [3.8, 4) is 11.1 Å². The van der Waals surface area contributed by atoms with E-state index in [4.69, 9.17) is 4.74 Å². The highest BCUT2D eigenvalue weighted by Gasteiger charge is 2.32. The van der Waals surface area contributed by atoms with Gasteiger partial charge in [-0.25, -0.2) is 4.79 Å². The van der Waals surface area contributed by atoms with Crippen LogP contribution in [0.3, 0.4) is 0 Å². The Morgan fingerprint density at radius 3 is 2.30 bits per heavy atom. The van der Waals surface area contributed by atoms with Gasteiger partial charge in [-0.2, -0.15) is 0 Å². The molecule has 3 aromatic carbocycles. The van der Waals surface area contributed by atoms with Crippen molar-refractivity contribution in [1.82, 2.24) is 5.32 Å². The number of nitrogens with zero attached hydrogens (tertiary/aromatic N) is 1. The molecule has 2 amide bonds. The first kappa shape index (κ1) is 22.1. The van der Waals surface area contributed by atoms with Crippen molar-refractivity contribution in [3.05, 3.63) is 94.6 Å². The Hall–Kier alpha value is -4.13. The third-order valence-corrected chi connectivity index (χ3v) is 5.40. The van der Waals surface area contributed by atoms with Crippen LogP contribution in [0.25, 0.3) is 11.1 Å². The predicted molar refractivity (Wildman–Crippen MR) is 128 cm³/mol. The molecule has 2 N–H and O–H groups in total. The van der Waals surface area contributed by atoms with Crippen molar-refractivity contribution in [1.29, 1.82) is 0 Å². The molecule has 0 radical (unpaired) electrons. The molecule has 1 heterocycles. The standard InChI is InChI=1S/C26H25N3O4/c1-18(30)27-16-23-17-29(26(32)33-23)22-11-7-20(8-12-22)21-9-13-24(25(31)14-10-21)28-15-19-5-3-2-4-6-19/h2-14,23H,15-17H2,1H3,(H,27,30)(H,28,31). The molecular weight excluding hydrogens is 418 g/mol. The summed E-state index contributed by atoms with van der Waals surface area (Å²) in [5.41, 5.74) is 4.07. The lowest BCUT2D eigenvalue weighted by atomic mass is 10.1. The number of rotatable bonds is 7. The Balaban J connectivity index is 1.45. The van der Waals surface area contributed by atoms with Gasteiger partial charge >= 0.3 is 6.09 Å². The van der Waals surface area contributed by atoms with Crippen molar-refractivity contribution >= 4 is 23.4 Å². The van der Waals surface area contributed by atoms with Gasteiger partial charge in [-0.05, 0) is 41.0 Å². The van der Waals surface area contributed by atoms with E-state index in [1.54, 1.807) is 23.1 Å². The maximum Gasteiger partial charge on any atom is 0.414 e. The molecule has 33 heavy (non-hydrogen) atoms. The first-order valence-corrected chi connectivity index (χ1v) is 10.7. The third-order valence-electron chi connectivity index (χ3n) is 5.40. The van der Waals surface area contributed by atoms with E-state index in [0.717, 1.165) is 16.7 Å². The van der Waals surface area contributed by atoms with Crippen LogP contribution < -0.4 is 21.0 Å². The van der Waals surface area contributed by atoms with Crippen LogP contribution in [0.1, 0.15) is 12.5 Å². The lowest BCUT2D eigenvalue weighted by Crippen LogP contribution is -2.33. The molecule has 7 nitrogen and oxygen atoms in total. The van der Waals surface area contributed by atoms with Gasteiger partial charge in [0.25, 0.3) is 0 Å². The summed E-state index contributed by atoms with van der Waals surface area (Å²) in [6.45, 7) is 2.65. The fourth-order valence-electron chi connectivity index (χ4n) is 3.63. The summed E-state index contributed by atoms with van der Waals surface area (Å²) in [4.78, 5) is 37.3. The van der Waals surface area contributed by atoms with Crippen LogP contribution >= 0.6 is 0 Å². The number of benzene rings is 2. The number of cyclic esters (lactones) is 1. The summed E-state index contributed by atoms with van der Waals surface area (Å²) in [5, 5.41) is 5.87. The van der Waals surface area contributed by atoms with Crippen molar-refractivity contribution in [2.75, 3.05) is 23.3 Å². The SMILES string of the molecule is CC(=O)NCC1CN(c2ccc(-c3ccc(NCc4ccccc4)c(=O)cc3)cc2)C(=O)O1. The summed E-state index contributed by atoms with van der Waals surface area (Å²) < 4.78 is 5.32. The first-order chi connectivity index (χ1) is 16.0. The van der Waals surface area contributed by atoms with Gasteiger partial charge in [0.1, 0.15) is 6.10 Å². The topological polar surface area (TPSA) is 87.7 Å². The highest BCUT2D eigenvalue weighted by Crippen LogP contribution is 2.26. The molecule has 168 valence electrons. The van der Waals surface area contributed by atoms with E-state index in [0.29, 0.717) is 24.5 Å². The van der Waals surface area contributed by atoms with Gasteiger partial charge in [0.15, 0.2) is 0 Å². The van der Waals surface area contributed by atoms with E-state index < -0.39 is 6.09 Å². The lowest BCUT2D eigenvalue weighted by Gasteiger charge is -2.13. The van der Waals surface area contributed by atoms with E-state index in [2.05, 4.69) is 10.6 Å². The van der Waals surface area contributed by atoms with Crippen LogP contribution in [-0.4, -0.2) is 31.2 Å². The Bertz CT molecular complexity index is 1200.